The molecule has 6 nitrogen and oxygen atoms in total. The molecule has 0 radical (unpaired) electrons. The Morgan fingerprint density at radius 2 is 1.96 bits per heavy atom. The summed E-state index contributed by atoms with van der Waals surface area (Å²) in [5.41, 5.74) is -3.48. The lowest BCUT2D eigenvalue weighted by molar-refractivity contribution is -0.243. The molecule has 0 spiro atoms. The van der Waals surface area contributed by atoms with E-state index < -0.39 is 23.8 Å². The number of benzene rings is 1. The van der Waals surface area contributed by atoms with Crippen LogP contribution in [0.2, 0.25) is 0 Å². The van der Waals surface area contributed by atoms with E-state index in [1.807, 2.05) is 0 Å². The molecule has 0 aliphatic rings. The highest BCUT2D eigenvalue weighted by atomic mass is 19.4. The molecule has 0 bridgehead atoms. The molecule has 24 heavy (non-hydrogen) atoms. The number of nitrogens with zero attached hydrogens (tertiary/aromatic N) is 2. The molecule has 1 N–H and O–H groups in total. The number of halogens is 3. The van der Waals surface area contributed by atoms with Crippen LogP contribution in [0.1, 0.15) is 19.4 Å². The Bertz CT molecular complexity index is 693. The van der Waals surface area contributed by atoms with Gasteiger partial charge in [-0.2, -0.15) is 13.2 Å². The maximum Gasteiger partial charge on any atom is 0.426 e. The van der Waals surface area contributed by atoms with Gasteiger partial charge < -0.3 is 9.84 Å². The van der Waals surface area contributed by atoms with Crippen molar-refractivity contribution < 1.29 is 32.6 Å². The number of amides is 2. The molecule has 0 aliphatic heterocycles. The SMILES string of the molecule is [C-]#[N+]c1ccc(N(C(=O)OCC)C(=O)C(C)(O)C(F)(F)F)cc1C. The Labute approximate surface area is 136 Å². The third kappa shape index (κ3) is 3.65. The highest BCUT2D eigenvalue weighted by Gasteiger charge is 2.58. The minimum absolute atomic E-state index is 0.109. The molecule has 0 aromatic heterocycles. The monoisotopic (exact) mass is 344 g/mol. The highest BCUT2D eigenvalue weighted by molar-refractivity contribution is 6.15. The second-order valence-electron chi connectivity index (χ2n) is 4.99. The van der Waals surface area contributed by atoms with Crippen molar-refractivity contribution in [3.05, 3.63) is 35.2 Å². The van der Waals surface area contributed by atoms with E-state index in [2.05, 4.69) is 9.58 Å². The van der Waals surface area contributed by atoms with Gasteiger partial charge in [0.1, 0.15) is 0 Å². The van der Waals surface area contributed by atoms with Crippen molar-refractivity contribution in [3.8, 4) is 0 Å². The number of carbonyl (C=O) groups excluding carboxylic acids is 2. The van der Waals surface area contributed by atoms with Gasteiger partial charge in [0.15, 0.2) is 5.69 Å². The fourth-order valence-corrected chi connectivity index (χ4v) is 1.74. The highest BCUT2D eigenvalue weighted by Crippen LogP contribution is 2.34. The summed E-state index contributed by atoms with van der Waals surface area (Å²) in [5, 5.41) is 9.57. The Morgan fingerprint density at radius 3 is 2.38 bits per heavy atom. The second kappa shape index (κ2) is 6.88. The van der Waals surface area contributed by atoms with Crippen LogP contribution in [-0.4, -0.2) is 35.5 Å². The molecule has 0 saturated carbocycles. The molecule has 0 saturated heterocycles. The van der Waals surface area contributed by atoms with Crippen LogP contribution in [0.5, 0.6) is 0 Å². The van der Waals surface area contributed by atoms with E-state index in [9.17, 15) is 27.9 Å². The number of hydrogen-bond donors (Lipinski definition) is 1. The molecular formula is C15H15F3N2O4. The lowest BCUT2D eigenvalue weighted by atomic mass is 10.0. The van der Waals surface area contributed by atoms with E-state index in [0.717, 1.165) is 6.07 Å². The molecule has 1 rings (SSSR count). The fraction of sp³-hybridized carbons (Fsp3) is 0.400. The van der Waals surface area contributed by atoms with Crippen molar-refractivity contribution in [2.75, 3.05) is 11.5 Å². The number of aryl methyl sites for hydroxylation is 1. The van der Waals surface area contributed by atoms with Crippen LogP contribution in [-0.2, 0) is 9.53 Å². The Balaban J connectivity index is 3.43. The number of carbonyl (C=O) groups is 2. The molecule has 1 atom stereocenters. The minimum atomic E-state index is -5.29. The Kier molecular flexibility index (Phi) is 5.58. The van der Waals surface area contributed by atoms with Gasteiger partial charge in [-0.1, -0.05) is 6.07 Å². The van der Waals surface area contributed by atoms with Crippen molar-refractivity contribution in [3.63, 3.8) is 0 Å². The van der Waals surface area contributed by atoms with Gasteiger partial charge in [-0.15, -0.1) is 0 Å². The second-order valence-corrected chi connectivity index (χ2v) is 4.99. The summed E-state index contributed by atoms with van der Waals surface area (Å²) in [5.74, 6) is -1.90. The number of ether oxygens (including phenoxy) is 1. The quantitative estimate of drug-likeness (QED) is 0.854. The van der Waals surface area contributed by atoms with Gasteiger partial charge in [-0.05, 0) is 38.5 Å². The van der Waals surface area contributed by atoms with Gasteiger partial charge >= 0.3 is 12.3 Å². The van der Waals surface area contributed by atoms with Crippen LogP contribution < -0.4 is 4.90 Å². The number of imide groups is 1. The van der Waals surface area contributed by atoms with Gasteiger partial charge in [0, 0.05) is 0 Å². The maximum atomic E-state index is 12.9. The van der Waals surface area contributed by atoms with E-state index in [1.54, 1.807) is 0 Å². The number of alkyl halides is 3. The predicted octanol–water partition coefficient (Wildman–Crippen LogP) is 3.35. The molecule has 0 aliphatic carbocycles. The third-order valence-corrected chi connectivity index (χ3v) is 3.18. The van der Waals surface area contributed by atoms with Crippen LogP contribution in [0.15, 0.2) is 18.2 Å². The smallest absolute Gasteiger partial charge is 0.426 e. The van der Waals surface area contributed by atoms with Crippen molar-refractivity contribution in [2.24, 2.45) is 0 Å². The van der Waals surface area contributed by atoms with Crippen molar-refractivity contribution >= 4 is 23.4 Å². The Hall–Kier alpha value is -2.60. The zero-order valence-corrected chi connectivity index (χ0v) is 13.1. The van der Waals surface area contributed by atoms with Crippen molar-refractivity contribution in [1.82, 2.24) is 0 Å². The largest absolute Gasteiger partial charge is 0.449 e. The summed E-state index contributed by atoms with van der Waals surface area (Å²) in [6, 6.07) is 3.57. The van der Waals surface area contributed by atoms with E-state index in [-0.39, 0.29) is 29.8 Å². The van der Waals surface area contributed by atoms with Gasteiger partial charge in [-0.3, -0.25) is 4.79 Å². The first-order chi connectivity index (χ1) is 11.0. The summed E-state index contributed by atoms with van der Waals surface area (Å²) in [6.07, 6.45) is -6.65. The minimum Gasteiger partial charge on any atom is -0.449 e. The van der Waals surface area contributed by atoms with Crippen molar-refractivity contribution in [2.45, 2.75) is 32.5 Å². The summed E-state index contributed by atoms with van der Waals surface area (Å²) in [6.45, 7) is 9.91. The molecule has 9 heteroatoms. The normalized spacial score (nSPS) is 13.6. The number of rotatable bonds is 3. The summed E-state index contributed by atoms with van der Waals surface area (Å²) in [4.78, 5) is 27.5. The predicted molar refractivity (Wildman–Crippen MR) is 78.6 cm³/mol. The lowest BCUT2D eigenvalue weighted by Crippen LogP contribution is -2.57. The van der Waals surface area contributed by atoms with Crippen LogP contribution in [0.3, 0.4) is 0 Å². The summed E-state index contributed by atoms with van der Waals surface area (Å²) < 4.78 is 43.4. The van der Waals surface area contributed by atoms with Crippen molar-refractivity contribution in [1.29, 1.82) is 0 Å². The topological polar surface area (TPSA) is 71.2 Å². The standard InChI is InChI=1S/C15H15F3N2O4/c1-5-24-13(22)20(12(21)14(3,23)15(16,17)18)10-6-7-11(19-4)9(2)8-10/h6-8,23H,5H2,1-3H3. The first-order valence-electron chi connectivity index (χ1n) is 6.75. The zero-order chi connectivity index (χ0) is 18.7. The van der Waals surface area contributed by atoms with Crippen LogP contribution in [0.4, 0.5) is 29.3 Å². The van der Waals surface area contributed by atoms with Crippen LogP contribution >= 0.6 is 0 Å². The first kappa shape index (κ1) is 19.4. The van der Waals surface area contributed by atoms with E-state index in [4.69, 9.17) is 6.57 Å². The van der Waals surface area contributed by atoms with Crippen LogP contribution in [0, 0.1) is 13.5 Å². The number of hydrogen-bond acceptors (Lipinski definition) is 4. The van der Waals surface area contributed by atoms with Gasteiger partial charge in [0.05, 0.1) is 18.9 Å². The van der Waals surface area contributed by atoms with E-state index in [1.165, 1.54) is 26.0 Å². The average Bonchev–Trinajstić information content (AvgIpc) is 2.46. The zero-order valence-electron chi connectivity index (χ0n) is 13.1. The molecule has 1 aromatic carbocycles. The molecule has 2 amide bonds. The van der Waals surface area contributed by atoms with Gasteiger partial charge in [0.25, 0.3) is 5.91 Å². The number of aliphatic hydroxyl groups is 1. The van der Waals surface area contributed by atoms with Crippen LogP contribution in [0.25, 0.3) is 4.85 Å². The lowest BCUT2D eigenvalue weighted by Gasteiger charge is -2.30. The maximum absolute atomic E-state index is 12.9. The van der Waals surface area contributed by atoms with E-state index in [0.29, 0.717) is 5.56 Å². The fourth-order valence-electron chi connectivity index (χ4n) is 1.74. The first-order valence-corrected chi connectivity index (χ1v) is 6.75. The van der Waals surface area contributed by atoms with Gasteiger partial charge in [-0.25, -0.2) is 14.5 Å². The molecule has 1 unspecified atom stereocenters. The molecule has 1 aromatic rings. The summed E-state index contributed by atoms with van der Waals surface area (Å²) in [7, 11) is 0. The molecule has 0 fully saturated rings. The summed E-state index contributed by atoms with van der Waals surface area (Å²) >= 11 is 0. The van der Waals surface area contributed by atoms with E-state index >= 15 is 0 Å². The molecule has 0 heterocycles. The molecule has 130 valence electrons. The van der Waals surface area contributed by atoms with Gasteiger partial charge in [0.2, 0.25) is 5.60 Å². The average molecular weight is 344 g/mol. The Morgan fingerprint density at radius 1 is 1.38 bits per heavy atom. The molecular weight excluding hydrogens is 329 g/mol. The number of anilines is 1. The third-order valence-electron chi connectivity index (χ3n) is 3.18.